The molecule has 0 aliphatic heterocycles. The molecule has 2 bridgehead atoms. The van der Waals surface area contributed by atoms with Crippen LogP contribution in [0, 0.1) is 46.8 Å². The average Bonchev–Trinajstić information content (AvgIpc) is 3.25. The van der Waals surface area contributed by atoms with Crippen LogP contribution in [0.3, 0.4) is 0 Å². The summed E-state index contributed by atoms with van der Waals surface area (Å²) >= 11 is 0. The van der Waals surface area contributed by atoms with E-state index in [1.807, 2.05) is 0 Å². The third-order valence-corrected chi connectivity index (χ3v) is 9.31. The molecule has 0 aromatic carbocycles. The van der Waals surface area contributed by atoms with Gasteiger partial charge in [0.2, 0.25) is 0 Å². The second kappa shape index (κ2) is 6.38. The summed E-state index contributed by atoms with van der Waals surface area (Å²) in [4.78, 5) is 13.5. The van der Waals surface area contributed by atoms with Crippen molar-refractivity contribution in [1.29, 1.82) is 0 Å². The summed E-state index contributed by atoms with van der Waals surface area (Å²) < 4.78 is 6.23. The van der Waals surface area contributed by atoms with Gasteiger partial charge in [-0.15, -0.1) is 0 Å². The second-order valence-corrected chi connectivity index (χ2v) is 10.3. The van der Waals surface area contributed by atoms with Crippen molar-refractivity contribution < 1.29 is 9.53 Å². The van der Waals surface area contributed by atoms with Gasteiger partial charge in [0, 0.05) is 0 Å². The van der Waals surface area contributed by atoms with Crippen LogP contribution in [0.15, 0.2) is 12.2 Å². The number of carbonyl (C=O) groups is 1. The quantitative estimate of drug-likeness (QED) is 0.454. The molecule has 0 spiro atoms. The molecule has 2 heteroatoms. The smallest absolute Gasteiger partial charge is 0.313 e. The molecule has 0 N–H and O–H groups in total. The Kier molecular flexibility index (Phi) is 4.56. The first-order valence-electron chi connectivity index (χ1n) is 11.3. The van der Waals surface area contributed by atoms with E-state index in [1.54, 1.807) is 0 Å². The maximum Gasteiger partial charge on any atom is 0.313 e. The van der Waals surface area contributed by atoms with Gasteiger partial charge in [0.1, 0.15) is 5.60 Å². The minimum atomic E-state index is -0.384. The minimum Gasteiger partial charge on any atom is -0.455 e. The minimum absolute atomic E-state index is 0.0970. The largest absolute Gasteiger partial charge is 0.455 e. The molecular formula is C24H38O2. The first-order valence-corrected chi connectivity index (χ1v) is 11.3. The highest BCUT2D eigenvalue weighted by Gasteiger charge is 2.69. The lowest BCUT2D eigenvalue weighted by molar-refractivity contribution is -0.176. The van der Waals surface area contributed by atoms with Crippen LogP contribution in [0.2, 0.25) is 0 Å². The average molecular weight is 359 g/mol. The molecule has 0 aromatic rings. The Morgan fingerprint density at radius 2 is 1.81 bits per heavy atom. The number of rotatable bonds is 4. The molecule has 2 nitrogen and oxygen atoms in total. The van der Waals surface area contributed by atoms with E-state index in [0.29, 0.717) is 11.8 Å². The highest BCUT2D eigenvalue weighted by Crippen LogP contribution is 2.71. The van der Waals surface area contributed by atoms with Crippen LogP contribution in [0.4, 0.5) is 0 Å². The number of hydrogen-bond acceptors (Lipinski definition) is 2. The van der Waals surface area contributed by atoms with Crippen molar-refractivity contribution in [3.05, 3.63) is 12.2 Å². The fourth-order valence-corrected chi connectivity index (χ4v) is 7.74. The van der Waals surface area contributed by atoms with Crippen molar-refractivity contribution in [3.63, 3.8) is 0 Å². The van der Waals surface area contributed by atoms with Crippen molar-refractivity contribution in [2.45, 2.75) is 85.2 Å². The van der Waals surface area contributed by atoms with Crippen molar-refractivity contribution in [2.75, 3.05) is 0 Å². The van der Waals surface area contributed by atoms with E-state index < -0.39 is 0 Å². The Hall–Kier alpha value is -0.790. The first-order chi connectivity index (χ1) is 12.4. The van der Waals surface area contributed by atoms with Crippen LogP contribution >= 0.6 is 0 Å². The molecule has 0 saturated heterocycles. The van der Waals surface area contributed by atoms with E-state index in [-0.39, 0.29) is 17.0 Å². The highest BCUT2D eigenvalue weighted by atomic mass is 16.6. The lowest BCUT2D eigenvalue weighted by atomic mass is 9.59. The summed E-state index contributed by atoms with van der Waals surface area (Å²) in [7, 11) is 0. The predicted molar refractivity (Wildman–Crippen MR) is 106 cm³/mol. The number of ether oxygens (including phenoxy) is 1. The molecule has 9 atom stereocenters. The zero-order chi connectivity index (χ0) is 18.7. The van der Waals surface area contributed by atoms with Gasteiger partial charge in [-0.1, -0.05) is 39.7 Å². The summed E-state index contributed by atoms with van der Waals surface area (Å²) in [5.74, 6) is 5.18. The Labute approximate surface area is 160 Å². The van der Waals surface area contributed by atoms with Gasteiger partial charge in [0.15, 0.2) is 0 Å². The van der Waals surface area contributed by atoms with Crippen molar-refractivity contribution in [1.82, 2.24) is 0 Å². The number of carbonyl (C=O) groups excluding carboxylic acids is 1. The van der Waals surface area contributed by atoms with E-state index >= 15 is 0 Å². The third kappa shape index (κ3) is 2.46. The van der Waals surface area contributed by atoms with Gasteiger partial charge in [-0.25, -0.2) is 0 Å². The second-order valence-electron chi connectivity index (χ2n) is 10.3. The zero-order valence-electron chi connectivity index (χ0n) is 17.5. The fourth-order valence-electron chi connectivity index (χ4n) is 7.74. The number of fused-ring (bicyclic) bond motifs is 5. The number of hydrogen-bond donors (Lipinski definition) is 0. The van der Waals surface area contributed by atoms with E-state index in [0.717, 1.165) is 48.9 Å². The van der Waals surface area contributed by atoms with Crippen molar-refractivity contribution in [3.8, 4) is 0 Å². The normalized spacial score (nSPS) is 52.3. The van der Waals surface area contributed by atoms with E-state index in [1.165, 1.54) is 25.7 Å². The van der Waals surface area contributed by atoms with Crippen LogP contribution in [0.1, 0.15) is 79.6 Å². The topological polar surface area (TPSA) is 26.3 Å². The van der Waals surface area contributed by atoms with Crippen molar-refractivity contribution >= 4 is 5.97 Å². The van der Waals surface area contributed by atoms with Crippen LogP contribution in [0.5, 0.6) is 0 Å². The standard InChI is InChI=1S/C24H38O2/c1-6-16-13-17(7-2)21-19-14-18(20(16)21)15(3)24(19,5)22(25)26-23(4)11-9-8-10-12-23/h9,11,15-21H,6-8,10,12-14H2,1-5H3. The molecule has 0 heterocycles. The summed E-state index contributed by atoms with van der Waals surface area (Å²) in [6, 6.07) is 0. The van der Waals surface area contributed by atoms with E-state index in [4.69, 9.17) is 4.74 Å². The predicted octanol–water partition coefficient (Wildman–Crippen LogP) is 6.01. The SMILES string of the molecule is CCC1CC(CC)C2C1C1CC2C(C)(C(=O)OC2(C)C=CCCC2)C1C. The van der Waals surface area contributed by atoms with Gasteiger partial charge in [0.25, 0.3) is 0 Å². The monoisotopic (exact) mass is 358 g/mol. The molecule has 0 radical (unpaired) electrons. The molecule has 0 amide bonds. The Morgan fingerprint density at radius 1 is 1.12 bits per heavy atom. The van der Waals surface area contributed by atoms with Crippen LogP contribution in [-0.4, -0.2) is 11.6 Å². The molecule has 0 aromatic heterocycles. The molecule has 4 rings (SSSR count). The summed E-state index contributed by atoms with van der Waals surface area (Å²) in [5.41, 5.74) is -0.665. The fraction of sp³-hybridized carbons (Fsp3) is 0.875. The van der Waals surface area contributed by atoms with E-state index in [2.05, 4.69) is 46.8 Å². The maximum atomic E-state index is 13.5. The lowest BCUT2D eigenvalue weighted by Gasteiger charge is -2.46. The molecule has 26 heavy (non-hydrogen) atoms. The van der Waals surface area contributed by atoms with Gasteiger partial charge < -0.3 is 4.74 Å². The molecule has 3 saturated carbocycles. The lowest BCUT2D eigenvalue weighted by Crippen LogP contribution is -2.49. The van der Waals surface area contributed by atoms with E-state index in [9.17, 15) is 4.79 Å². The third-order valence-electron chi connectivity index (χ3n) is 9.31. The summed E-state index contributed by atoms with van der Waals surface area (Å²) in [6.07, 6.45) is 12.8. The molecular weight excluding hydrogens is 320 g/mol. The zero-order valence-corrected chi connectivity index (χ0v) is 17.5. The first kappa shape index (κ1) is 18.6. The Bertz CT molecular complexity index is 595. The molecule has 3 fully saturated rings. The number of esters is 1. The maximum absolute atomic E-state index is 13.5. The van der Waals surface area contributed by atoms with Gasteiger partial charge in [-0.05, 0) is 93.5 Å². The van der Waals surface area contributed by atoms with Crippen molar-refractivity contribution in [2.24, 2.45) is 46.8 Å². The molecule has 4 aliphatic rings. The van der Waals surface area contributed by atoms with Crippen LogP contribution < -0.4 is 0 Å². The summed E-state index contributed by atoms with van der Waals surface area (Å²) in [5, 5.41) is 0. The Morgan fingerprint density at radius 3 is 2.42 bits per heavy atom. The molecule has 9 unspecified atom stereocenters. The van der Waals surface area contributed by atoms with Gasteiger partial charge in [-0.3, -0.25) is 4.79 Å². The van der Waals surface area contributed by atoms with Gasteiger partial charge in [-0.2, -0.15) is 0 Å². The highest BCUT2D eigenvalue weighted by molar-refractivity contribution is 5.79. The Balaban J connectivity index is 1.60. The van der Waals surface area contributed by atoms with Crippen LogP contribution in [0.25, 0.3) is 0 Å². The molecule has 146 valence electrons. The van der Waals surface area contributed by atoms with Gasteiger partial charge in [0.05, 0.1) is 5.41 Å². The van der Waals surface area contributed by atoms with Crippen LogP contribution in [-0.2, 0) is 9.53 Å². The molecule has 4 aliphatic carbocycles. The summed E-state index contributed by atoms with van der Waals surface area (Å²) in [6.45, 7) is 11.4. The number of allylic oxidation sites excluding steroid dienone is 1. The van der Waals surface area contributed by atoms with Gasteiger partial charge >= 0.3 is 5.97 Å².